The second kappa shape index (κ2) is 13.0. The lowest BCUT2D eigenvalue weighted by molar-refractivity contribution is -0.145. The molecular weight excluding hydrogens is 622 g/mol. The predicted molar refractivity (Wildman–Crippen MR) is 177 cm³/mol. The zero-order valence-electron chi connectivity index (χ0n) is 28.9. The molecule has 3 aliphatic carbocycles. The van der Waals surface area contributed by atoms with Crippen LogP contribution in [0.25, 0.3) is 0 Å². The van der Waals surface area contributed by atoms with E-state index >= 15 is 0 Å². The molecule has 4 N–H and O–H groups in total. The van der Waals surface area contributed by atoms with Crippen LogP contribution in [0.2, 0.25) is 0 Å². The summed E-state index contributed by atoms with van der Waals surface area (Å²) in [5.74, 6) is -2.16. The molecule has 47 heavy (non-hydrogen) atoms. The summed E-state index contributed by atoms with van der Waals surface area (Å²) in [6.45, 7) is 11.9. The zero-order valence-corrected chi connectivity index (χ0v) is 29.8. The second-order valence-corrected chi connectivity index (χ2v) is 18.8. The van der Waals surface area contributed by atoms with Gasteiger partial charge in [0.15, 0.2) is 9.84 Å². The number of sulfone groups is 1. The molecule has 12 nitrogen and oxygen atoms in total. The Morgan fingerprint density at radius 2 is 1.60 bits per heavy atom. The number of fused-ring (bicyclic) bond motifs is 1. The third-order valence-corrected chi connectivity index (χ3v) is 14.0. The van der Waals surface area contributed by atoms with Crippen molar-refractivity contribution in [1.82, 2.24) is 26.2 Å². The number of hydrogen-bond acceptors (Lipinski definition) is 7. The van der Waals surface area contributed by atoms with E-state index in [1.54, 1.807) is 4.90 Å². The normalized spacial score (nSPS) is 30.0. The highest BCUT2D eigenvalue weighted by atomic mass is 32.2. The monoisotopic (exact) mass is 677 g/mol. The summed E-state index contributed by atoms with van der Waals surface area (Å²) in [7, 11) is -3.35. The van der Waals surface area contributed by atoms with E-state index < -0.39 is 73.7 Å². The summed E-state index contributed by atoms with van der Waals surface area (Å²) in [5.41, 5.74) is -1.80. The third kappa shape index (κ3) is 7.20. The minimum absolute atomic E-state index is 0.00925. The summed E-state index contributed by atoms with van der Waals surface area (Å²) in [5, 5.41) is 10.9. The Hall–Kier alpha value is -2.70. The Bertz CT molecular complexity index is 1380. The molecule has 2 saturated heterocycles. The molecule has 5 amide bonds. The van der Waals surface area contributed by atoms with Crippen LogP contribution in [0.5, 0.6) is 0 Å². The van der Waals surface area contributed by atoms with Crippen LogP contribution >= 0.6 is 0 Å². The van der Waals surface area contributed by atoms with Gasteiger partial charge in [-0.3, -0.25) is 19.2 Å². The molecule has 2 heterocycles. The van der Waals surface area contributed by atoms with Crippen molar-refractivity contribution in [1.29, 1.82) is 0 Å². The predicted octanol–water partition coefficient (Wildman–Crippen LogP) is 2.60. The summed E-state index contributed by atoms with van der Waals surface area (Å²) < 4.78 is 26.1. The average molecular weight is 678 g/mol. The van der Waals surface area contributed by atoms with Crippen LogP contribution in [-0.2, 0) is 29.0 Å². The fourth-order valence-corrected chi connectivity index (χ4v) is 11.0. The highest BCUT2D eigenvalue weighted by molar-refractivity contribution is 7.92. The topological polar surface area (TPSA) is 171 Å². The van der Waals surface area contributed by atoms with Gasteiger partial charge in [-0.1, -0.05) is 67.2 Å². The minimum atomic E-state index is -3.35. The SMILES string of the molecule is CCC[C@H](NC(=O)[C@@H]1[C@@H]2[C@H](CN1C(=O)[C@@H](NC(=O)NC1(C3CCCS3(=O)=O)CCCCC1)C(C)(C)C)C2(C)C)C(=O)C(=O)NC1CC1. The maximum absolute atomic E-state index is 14.4. The largest absolute Gasteiger partial charge is 0.347 e. The molecule has 0 radical (unpaired) electrons. The number of likely N-dealkylation sites (tertiary alicyclic amines) is 1. The summed E-state index contributed by atoms with van der Waals surface area (Å²) >= 11 is 0. The second-order valence-electron chi connectivity index (χ2n) is 16.5. The van der Waals surface area contributed by atoms with Crippen molar-refractivity contribution in [2.75, 3.05) is 12.3 Å². The van der Waals surface area contributed by atoms with Crippen molar-refractivity contribution >= 4 is 39.4 Å². The first-order chi connectivity index (χ1) is 21.9. The third-order valence-electron chi connectivity index (χ3n) is 11.5. The van der Waals surface area contributed by atoms with Crippen molar-refractivity contribution in [2.45, 2.75) is 147 Å². The van der Waals surface area contributed by atoms with Crippen molar-refractivity contribution in [3.8, 4) is 0 Å². The van der Waals surface area contributed by atoms with Gasteiger partial charge in [0.1, 0.15) is 12.1 Å². The molecule has 1 unspecified atom stereocenters. The van der Waals surface area contributed by atoms with E-state index in [0.29, 0.717) is 45.1 Å². The van der Waals surface area contributed by atoms with Crippen LogP contribution in [0.1, 0.15) is 112 Å². The molecule has 0 aromatic heterocycles. The molecule has 5 rings (SSSR count). The number of rotatable bonds is 11. The van der Waals surface area contributed by atoms with Gasteiger partial charge in [-0.05, 0) is 67.6 Å². The molecular formula is C34H55N5O7S. The number of Topliss-reactive ketones (excluding diaryl/α,β-unsaturated/α-hetero) is 1. The highest BCUT2D eigenvalue weighted by Gasteiger charge is 2.70. The summed E-state index contributed by atoms with van der Waals surface area (Å²) in [6.07, 6.45) is 7.40. The van der Waals surface area contributed by atoms with Crippen molar-refractivity contribution in [2.24, 2.45) is 22.7 Å². The zero-order chi connectivity index (χ0) is 34.5. The maximum Gasteiger partial charge on any atom is 0.315 e. The Balaban J connectivity index is 1.34. The number of piperidine rings is 1. The molecule has 6 atom stereocenters. The summed E-state index contributed by atoms with van der Waals surface area (Å²) in [6, 6.07) is -3.43. The van der Waals surface area contributed by atoms with E-state index in [-0.39, 0.29) is 29.0 Å². The van der Waals surface area contributed by atoms with E-state index in [9.17, 15) is 32.4 Å². The highest BCUT2D eigenvalue weighted by Crippen LogP contribution is 2.65. The van der Waals surface area contributed by atoms with Crippen molar-refractivity contribution < 1.29 is 32.4 Å². The summed E-state index contributed by atoms with van der Waals surface area (Å²) in [4.78, 5) is 69.4. The fourth-order valence-electron chi connectivity index (χ4n) is 8.60. The van der Waals surface area contributed by atoms with E-state index in [1.807, 2.05) is 27.7 Å². The van der Waals surface area contributed by atoms with E-state index in [1.165, 1.54) is 0 Å². The van der Waals surface area contributed by atoms with Crippen LogP contribution in [0.15, 0.2) is 0 Å². The lowest BCUT2D eigenvalue weighted by Crippen LogP contribution is -2.65. The van der Waals surface area contributed by atoms with Gasteiger partial charge in [0, 0.05) is 12.6 Å². The number of amides is 5. The van der Waals surface area contributed by atoms with Gasteiger partial charge in [0.2, 0.25) is 17.6 Å². The molecule has 0 spiro atoms. The molecule has 264 valence electrons. The van der Waals surface area contributed by atoms with E-state index in [4.69, 9.17) is 0 Å². The molecule has 0 bridgehead atoms. The molecule has 0 aromatic rings. The Morgan fingerprint density at radius 3 is 2.15 bits per heavy atom. The number of hydrogen-bond donors (Lipinski definition) is 4. The quantitative estimate of drug-likeness (QED) is 0.244. The Morgan fingerprint density at radius 1 is 0.936 bits per heavy atom. The molecule has 2 aliphatic heterocycles. The molecule has 3 saturated carbocycles. The van der Waals surface area contributed by atoms with Gasteiger partial charge in [-0.15, -0.1) is 0 Å². The van der Waals surface area contributed by atoms with E-state index in [0.717, 1.165) is 32.1 Å². The fraction of sp³-hybridized carbons (Fsp3) is 0.853. The Kier molecular flexibility index (Phi) is 9.82. The molecule has 5 aliphatic rings. The van der Waals surface area contributed by atoms with Crippen molar-refractivity contribution in [3.05, 3.63) is 0 Å². The van der Waals surface area contributed by atoms with Crippen LogP contribution in [0, 0.1) is 22.7 Å². The molecule has 0 aromatic carbocycles. The number of carbonyl (C=O) groups is 5. The van der Waals surface area contributed by atoms with Crippen LogP contribution in [0.4, 0.5) is 4.79 Å². The van der Waals surface area contributed by atoms with Gasteiger partial charge < -0.3 is 26.2 Å². The van der Waals surface area contributed by atoms with Gasteiger partial charge >= 0.3 is 6.03 Å². The first-order valence-corrected chi connectivity index (χ1v) is 19.4. The first kappa shape index (κ1) is 35.6. The van der Waals surface area contributed by atoms with Gasteiger partial charge in [0.25, 0.3) is 5.91 Å². The average Bonchev–Trinajstić information content (AvgIpc) is 3.76. The van der Waals surface area contributed by atoms with Crippen LogP contribution in [-0.4, -0.2) is 90.1 Å². The lowest BCUT2D eigenvalue weighted by Gasteiger charge is -2.43. The number of nitrogens with one attached hydrogen (secondary N) is 4. The number of carbonyl (C=O) groups excluding carboxylic acids is 5. The minimum Gasteiger partial charge on any atom is -0.347 e. The maximum atomic E-state index is 14.4. The number of nitrogens with zero attached hydrogens (tertiary/aromatic N) is 1. The van der Waals surface area contributed by atoms with Crippen molar-refractivity contribution in [3.63, 3.8) is 0 Å². The molecule has 13 heteroatoms. The smallest absolute Gasteiger partial charge is 0.315 e. The molecule has 5 fully saturated rings. The van der Waals surface area contributed by atoms with Crippen LogP contribution in [0.3, 0.4) is 0 Å². The van der Waals surface area contributed by atoms with Gasteiger partial charge in [-0.2, -0.15) is 0 Å². The first-order valence-electron chi connectivity index (χ1n) is 17.7. The Labute approximate surface area is 279 Å². The number of ketones is 1. The number of urea groups is 1. The van der Waals surface area contributed by atoms with E-state index in [2.05, 4.69) is 35.1 Å². The standard InChI is InChI=1S/C34H55N5O7S/c1-7-12-22(26(40)29(42)35-20-14-15-20)36-28(41)25-24-21(33(24,5)6)19-39(25)30(43)27(32(2,3)4)37-31(44)38-34(16-9-8-10-17-34)23-13-11-18-47(23,45)46/h20-25,27H,7-19H2,1-6H3,(H,35,42)(H,36,41)(H2,37,38,44)/t21-,22-,23?,24-,25-,27+/m0/s1. The lowest BCUT2D eigenvalue weighted by atomic mass is 9.78. The van der Waals surface area contributed by atoms with Gasteiger partial charge in [0.05, 0.1) is 22.6 Å². The van der Waals surface area contributed by atoms with Crippen LogP contribution < -0.4 is 21.3 Å². The van der Waals surface area contributed by atoms with Gasteiger partial charge in [-0.25, -0.2) is 13.2 Å².